The highest BCUT2D eigenvalue weighted by molar-refractivity contribution is 6.28. The quantitative estimate of drug-likeness (QED) is 0.0650. The van der Waals surface area contributed by atoms with Gasteiger partial charge in [0, 0.05) is 53.0 Å². The van der Waals surface area contributed by atoms with Crippen LogP contribution in [0.5, 0.6) is 0 Å². The minimum atomic E-state index is -2.96. The van der Waals surface area contributed by atoms with Crippen LogP contribution >= 0.6 is 11.6 Å². The summed E-state index contributed by atoms with van der Waals surface area (Å²) < 4.78 is 29.4. The summed E-state index contributed by atoms with van der Waals surface area (Å²) in [6.45, 7) is 3.48. The van der Waals surface area contributed by atoms with Crippen molar-refractivity contribution in [1.29, 1.82) is 0 Å². The number of terminal acetylenes is 1. The van der Waals surface area contributed by atoms with E-state index in [-0.39, 0.29) is 47.0 Å². The second kappa shape index (κ2) is 16.8. The number of anilines is 2. The van der Waals surface area contributed by atoms with E-state index in [4.69, 9.17) is 41.7 Å². The van der Waals surface area contributed by atoms with Crippen LogP contribution in [0.1, 0.15) is 39.0 Å². The minimum absolute atomic E-state index is 0.0301. The van der Waals surface area contributed by atoms with Gasteiger partial charge in [-0.2, -0.15) is 9.97 Å². The first kappa shape index (κ1) is 41.1. The summed E-state index contributed by atoms with van der Waals surface area (Å²) in [5.74, 6) is -3.53. The maximum absolute atomic E-state index is 13.2. The van der Waals surface area contributed by atoms with E-state index >= 15 is 0 Å². The summed E-state index contributed by atoms with van der Waals surface area (Å²) in [5, 5.41) is 23.4. The first-order valence-corrected chi connectivity index (χ1v) is 17.4. The van der Waals surface area contributed by atoms with Gasteiger partial charge in [-0.25, -0.2) is 19.4 Å². The van der Waals surface area contributed by atoms with Crippen molar-refractivity contribution in [1.82, 2.24) is 24.4 Å². The third-order valence-electron chi connectivity index (χ3n) is 9.05. The number of aromatic nitrogens is 4. The molecule has 3 N–H and O–H groups in total. The largest absolute Gasteiger partial charge is 0.479 e. The predicted octanol–water partition coefficient (Wildman–Crippen LogP) is 1.65. The van der Waals surface area contributed by atoms with Gasteiger partial charge in [-0.05, 0) is 35.7 Å². The van der Waals surface area contributed by atoms with Gasteiger partial charge in [-0.1, -0.05) is 18.1 Å². The number of fused-ring (bicyclic) bond motifs is 1. The molecule has 0 bridgehead atoms. The molecule has 4 heterocycles. The highest BCUT2D eigenvalue weighted by Gasteiger charge is 2.63. The van der Waals surface area contributed by atoms with Crippen LogP contribution in [-0.4, -0.2) is 134 Å². The lowest BCUT2D eigenvalue weighted by Crippen LogP contribution is -2.56. The number of ether oxygens (including phenoxy) is 5. The van der Waals surface area contributed by atoms with Crippen LogP contribution < -0.4 is 10.2 Å². The SMILES string of the molecule is C#C[C@@]1(OC(C)=O)[C@@H](COC(Cc2ccc(N3CCCN(CCOC(C)=O)C3=O)cc2)(C(=O)O)C(=O)O)O[C@@H](n2cnc3c(NC)nc(Cl)nc32)[C@@H]1OC(C)=O. The molecule has 1 aromatic carbocycles. The van der Waals surface area contributed by atoms with Crippen molar-refractivity contribution in [3.8, 4) is 12.3 Å². The molecule has 4 atom stereocenters. The van der Waals surface area contributed by atoms with Crippen molar-refractivity contribution in [3.05, 3.63) is 41.4 Å². The molecule has 2 amide bonds. The predicted molar refractivity (Wildman–Crippen MR) is 192 cm³/mol. The molecular weight excluding hydrogens is 762 g/mol. The summed E-state index contributed by atoms with van der Waals surface area (Å²) in [6.07, 6.45) is 2.34. The van der Waals surface area contributed by atoms with E-state index in [0.717, 1.165) is 13.8 Å². The molecule has 0 aliphatic carbocycles. The van der Waals surface area contributed by atoms with Gasteiger partial charge in [-0.3, -0.25) is 23.9 Å². The lowest BCUT2D eigenvalue weighted by atomic mass is 9.91. The molecule has 20 nitrogen and oxygen atoms in total. The number of aliphatic carboxylic acids is 2. The van der Waals surface area contributed by atoms with E-state index in [9.17, 15) is 39.0 Å². The Labute approximate surface area is 323 Å². The van der Waals surface area contributed by atoms with Crippen LogP contribution in [-0.2, 0) is 54.1 Å². The Morgan fingerprint density at radius 1 is 1.07 bits per heavy atom. The first-order valence-electron chi connectivity index (χ1n) is 17.0. The van der Waals surface area contributed by atoms with Crippen molar-refractivity contribution in [2.75, 3.05) is 50.1 Å². The number of carboxylic acids is 2. The van der Waals surface area contributed by atoms with Crippen molar-refractivity contribution in [2.45, 2.75) is 63.3 Å². The van der Waals surface area contributed by atoms with Gasteiger partial charge in [-0.15, -0.1) is 6.42 Å². The molecule has 56 heavy (non-hydrogen) atoms. The molecule has 2 aromatic heterocycles. The minimum Gasteiger partial charge on any atom is -0.479 e. The molecule has 2 aliphatic heterocycles. The number of hydrogen-bond donors (Lipinski definition) is 3. The Morgan fingerprint density at radius 3 is 2.36 bits per heavy atom. The molecule has 3 aromatic rings. The number of nitrogens with zero attached hydrogens (tertiary/aromatic N) is 6. The highest BCUT2D eigenvalue weighted by Crippen LogP contribution is 2.44. The molecule has 298 valence electrons. The van der Waals surface area contributed by atoms with Crippen LogP contribution in [0.15, 0.2) is 30.6 Å². The van der Waals surface area contributed by atoms with E-state index in [1.165, 1.54) is 51.9 Å². The fourth-order valence-electron chi connectivity index (χ4n) is 6.50. The smallest absolute Gasteiger partial charge is 0.348 e. The van der Waals surface area contributed by atoms with Crippen molar-refractivity contribution in [3.63, 3.8) is 0 Å². The topological polar surface area (TPSA) is 251 Å². The summed E-state index contributed by atoms with van der Waals surface area (Å²) in [5.41, 5.74) is -4.34. The summed E-state index contributed by atoms with van der Waals surface area (Å²) in [6, 6.07) is 5.62. The van der Waals surface area contributed by atoms with Crippen LogP contribution in [0.2, 0.25) is 5.28 Å². The van der Waals surface area contributed by atoms with Crippen LogP contribution in [0, 0.1) is 12.3 Å². The molecule has 0 saturated carbocycles. The Kier molecular flexibility index (Phi) is 12.3. The number of halogens is 1. The zero-order valence-corrected chi connectivity index (χ0v) is 31.3. The van der Waals surface area contributed by atoms with Gasteiger partial charge in [0.2, 0.25) is 17.0 Å². The lowest BCUT2D eigenvalue weighted by Gasteiger charge is -2.35. The molecule has 5 rings (SSSR count). The second-order valence-electron chi connectivity index (χ2n) is 12.7. The molecule has 21 heteroatoms. The Bertz CT molecular complexity index is 2060. The zero-order valence-electron chi connectivity index (χ0n) is 30.6. The van der Waals surface area contributed by atoms with Crippen LogP contribution in [0.25, 0.3) is 11.2 Å². The number of urea groups is 1. The van der Waals surface area contributed by atoms with Gasteiger partial charge < -0.3 is 44.1 Å². The number of rotatable bonds is 15. The van der Waals surface area contributed by atoms with Gasteiger partial charge in [0.15, 0.2) is 23.2 Å². The zero-order chi connectivity index (χ0) is 40.9. The van der Waals surface area contributed by atoms with E-state index in [1.54, 1.807) is 7.05 Å². The summed E-state index contributed by atoms with van der Waals surface area (Å²) in [7, 11) is 1.56. The molecule has 2 saturated heterocycles. The van der Waals surface area contributed by atoms with Crippen LogP contribution in [0.4, 0.5) is 16.3 Å². The second-order valence-corrected chi connectivity index (χ2v) is 13.0. The van der Waals surface area contributed by atoms with Crippen molar-refractivity contribution >= 4 is 70.1 Å². The fourth-order valence-corrected chi connectivity index (χ4v) is 6.66. The van der Waals surface area contributed by atoms with Crippen LogP contribution in [0.3, 0.4) is 0 Å². The monoisotopic (exact) mass is 799 g/mol. The number of carbonyl (C=O) groups is 6. The first-order chi connectivity index (χ1) is 26.6. The van der Waals surface area contributed by atoms with Gasteiger partial charge >= 0.3 is 35.9 Å². The van der Waals surface area contributed by atoms with Crippen molar-refractivity contribution < 1.29 is 62.7 Å². The fraction of sp³-hybridized carbons (Fsp3) is 0.457. The van der Waals surface area contributed by atoms with Gasteiger partial charge in [0.05, 0.1) is 19.5 Å². The van der Waals surface area contributed by atoms with E-state index < -0.39 is 72.5 Å². The number of carbonyl (C=O) groups excluding carboxylic acids is 4. The standard InChI is InChI=1S/C35H38ClN7O13/c1-6-34(56-21(4)46)24(55-29(26(34)54-20(3)45)43-18-38-25-27(37-5)39-32(36)40-28(25)43)17-53-35(30(47)48,31(49)50)16-22-8-10-23(11-9-22)42-13-7-12-41(33(42)51)14-15-52-19(2)44/h1,8-11,18,24,26,29H,7,12-17H2,2-5H3,(H,47,48)(H,49,50)(H,37,39,40)/t24-,26+,29-,34-/m1/s1. The maximum Gasteiger partial charge on any atom is 0.348 e. The van der Waals surface area contributed by atoms with E-state index in [2.05, 4.69) is 26.2 Å². The molecule has 0 spiro atoms. The lowest BCUT2D eigenvalue weighted by molar-refractivity contribution is -0.194. The number of carboxylic acid groups (broad SMARTS) is 2. The van der Waals surface area contributed by atoms with E-state index in [0.29, 0.717) is 25.2 Å². The molecule has 2 aliphatic rings. The third-order valence-corrected chi connectivity index (χ3v) is 9.22. The summed E-state index contributed by atoms with van der Waals surface area (Å²) in [4.78, 5) is 90.6. The average Bonchev–Trinajstić information content (AvgIpc) is 3.68. The normalized spacial score (nSPS) is 21.0. The molecule has 0 unspecified atom stereocenters. The average molecular weight is 800 g/mol. The van der Waals surface area contributed by atoms with E-state index in [1.807, 2.05) is 0 Å². The Morgan fingerprint density at radius 2 is 1.77 bits per heavy atom. The van der Waals surface area contributed by atoms with Crippen molar-refractivity contribution in [2.24, 2.45) is 0 Å². The number of nitrogens with one attached hydrogen (secondary N) is 1. The highest BCUT2D eigenvalue weighted by atomic mass is 35.5. The number of imidazole rings is 1. The van der Waals surface area contributed by atoms with Gasteiger partial charge in [0.1, 0.15) is 12.7 Å². The molecule has 0 radical (unpaired) electrons. The number of benzene rings is 1. The third kappa shape index (κ3) is 8.14. The molecular formula is C35H38ClN7O13. The van der Waals surface area contributed by atoms with Gasteiger partial charge in [0.25, 0.3) is 5.60 Å². The number of hydrogen-bond acceptors (Lipinski definition) is 15. The number of amides is 2. The molecule has 2 fully saturated rings. The summed E-state index contributed by atoms with van der Waals surface area (Å²) >= 11 is 6.16. The maximum atomic E-state index is 13.2. The Hall–Kier alpha value is -6.04. The Balaban J connectivity index is 1.45. The number of esters is 3.